The highest BCUT2D eigenvalue weighted by Gasteiger charge is 2.35. The summed E-state index contributed by atoms with van der Waals surface area (Å²) in [6, 6.07) is 2.56. The van der Waals surface area contributed by atoms with E-state index >= 15 is 0 Å². The molecule has 0 aliphatic carbocycles. The molecule has 3 aliphatic rings. The zero-order valence-corrected chi connectivity index (χ0v) is 17.2. The van der Waals surface area contributed by atoms with Crippen molar-refractivity contribution in [3.05, 3.63) is 23.8 Å². The number of hydrogen-bond donors (Lipinski definition) is 0. The highest BCUT2D eigenvalue weighted by molar-refractivity contribution is 7.85. The number of anilines is 2. The lowest BCUT2D eigenvalue weighted by Crippen LogP contribution is -2.56. The van der Waals surface area contributed by atoms with Gasteiger partial charge >= 0.3 is 6.09 Å². The zero-order valence-electron chi connectivity index (χ0n) is 16.4. The van der Waals surface area contributed by atoms with Crippen molar-refractivity contribution in [2.45, 2.75) is 12.1 Å². The second-order valence-corrected chi connectivity index (χ2v) is 9.22. The van der Waals surface area contributed by atoms with Gasteiger partial charge in [-0.25, -0.2) is 13.6 Å². The summed E-state index contributed by atoms with van der Waals surface area (Å²) < 4.78 is 66.6. The molecule has 0 bridgehead atoms. The predicted molar refractivity (Wildman–Crippen MR) is 103 cm³/mol. The van der Waals surface area contributed by atoms with Crippen LogP contribution in [0.25, 0.3) is 0 Å². The Balaban J connectivity index is 1.43. The van der Waals surface area contributed by atoms with Gasteiger partial charge in [0.15, 0.2) is 11.6 Å². The lowest BCUT2D eigenvalue weighted by Gasteiger charge is -2.43. The molecule has 166 valence electrons. The van der Waals surface area contributed by atoms with Gasteiger partial charge in [0.1, 0.15) is 18.4 Å². The van der Waals surface area contributed by atoms with Crippen molar-refractivity contribution in [2.24, 2.45) is 0 Å². The number of amides is 1. The summed E-state index contributed by atoms with van der Waals surface area (Å²) in [6.45, 7) is 3.30. The van der Waals surface area contributed by atoms with Gasteiger partial charge in [0.2, 0.25) is 0 Å². The highest BCUT2D eigenvalue weighted by Crippen LogP contribution is 2.32. The largest absolute Gasteiger partial charge is 0.441 e. The molecule has 3 fully saturated rings. The van der Waals surface area contributed by atoms with Gasteiger partial charge in [0, 0.05) is 38.3 Å². The van der Waals surface area contributed by atoms with E-state index in [-0.39, 0.29) is 24.5 Å². The molecule has 3 aliphatic heterocycles. The van der Waals surface area contributed by atoms with Gasteiger partial charge in [0.25, 0.3) is 10.1 Å². The zero-order chi connectivity index (χ0) is 21.5. The summed E-state index contributed by atoms with van der Waals surface area (Å²) in [4.78, 5) is 17.1. The van der Waals surface area contributed by atoms with E-state index in [4.69, 9.17) is 9.47 Å². The quantitative estimate of drug-likeness (QED) is 0.592. The third kappa shape index (κ3) is 4.51. The second-order valence-electron chi connectivity index (χ2n) is 7.58. The Morgan fingerprint density at radius 3 is 2.30 bits per heavy atom. The summed E-state index contributed by atoms with van der Waals surface area (Å²) >= 11 is 0. The fourth-order valence-corrected chi connectivity index (χ4v) is 4.17. The van der Waals surface area contributed by atoms with Gasteiger partial charge < -0.3 is 14.4 Å². The van der Waals surface area contributed by atoms with Gasteiger partial charge in [-0.15, -0.1) is 0 Å². The summed E-state index contributed by atoms with van der Waals surface area (Å²) in [5.41, 5.74) is -0.112. The van der Waals surface area contributed by atoms with E-state index in [9.17, 15) is 22.0 Å². The molecule has 9 nitrogen and oxygen atoms in total. The smallest absolute Gasteiger partial charge is 0.414 e. The molecule has 1 atom stereocenters. The monoisotopic (exact) mass is 447 g/mol. The molecule has 3 saturated heterocycles. The molecule has 1 aromatic carbocycles. The van der Waals surface area contributed by atoms with Gasteiger partial charge in [-0.05, 0) is 0 Å². The molecule has 1 amide bonds. The van der Waals surface area contributed by atoms with Crippen molar-refractivity contribution >= 4 is 27.6 Å². The minimum Gasteiger partial charge on any atom is -0.441 e. The first kappa shape index (κ1) is 21.2. The Hall–Kier alpha value is -2.02. The SMILES string of the molecule is CS(=O)(=O)OC[C@H]1CN(c2cc(F)c(N3CCN(C4COC4)CC3)c(F)c2)C(=O)O1. The minimum atomic E-state index is -3.70. The number of benzene rings is 1. The van der Waals surface area contributed by atoms with Crippen molar-refractivity contribution < 1.29 is 35.6 Å². The Morgan fingerprint density at radius 2 is 1.77 bits per heavy atom. The van der Waals surface area contributed by atoms with Crippen LogP contribution >= 0.6 is 0 Å². The summed E-state index contributed by atoms with van der Waals surface area (Å²) in [7, 11) is -3.70. The highest BCUT2D eigenvalue weighted by atomic mass is 32.2. The Bertz CT molecular complexity index is 895. The molecule has 4 rings (SSSR count). The van der Waals surface area contributed by atoms with Crippen LogP contribution in [0.3, 0.4) is 0 Å². The average Bonchev–Trinajstić information content (AvgIpc) is 3.00. The molecule has 30 heavy (non-hydrogen) atoms. The number of rotatable bonds is 6. The Labute approximate surface area is 173 Å². The third-order valence-corrected chi connectivity index (χ3v) is 5.99. The van der Waals surface area contributed by atoms with E-state index in [1.807, 2.05) is 0 Å². The number of carbonyl (C=O) groups excluding carboxylic acids is 1. The normalized spacial score (nSPS) is 23.6. The first-order valence-electron chi connectivity index (χ1n) is 9.59. The van der Waals surface area contributed by atoms with Crippen LogP contribution < -0.4 is 9.80 Å². The topological polar surface area (TPSA) is 88.6 Å². The minimum absolute atomic E-state index is 0.00542. The molecule has 0 aromatic heterocycles. The van der Waals surface area contributed by atoms with Crippen molar-refractivity contribution in [3.63, 3.8) is 0 Å². The van der Waals surface area contributed by atoms with Crippen molar-refractivity contribution in [2.75, 3.05) is 68.6 Å². The van der Waals surface area contributed by atoms with Crippen LogP contribution in [0.4, 0.5) is 25.0 Å². The van der Waals surface area contributed by atoms with E-state index in [2.05, 4.69) is 9.08 Å². The van der Waals surface area contributed by atoms with Gasteiger partial charge in [-0.1, -0.05) is 0 Å². The first-order valence-corrected chi connectivity index (χ1v) is 11.4. The summed E-state index contributed by atoms with van der Waals surface area (Å²) in [6.07, 6.45) is -0.799. The molecule has 3 heterocycles. The number of halogens is 2. The van der Waals surface area contributed by atoms with Gasteiger partial charge in [-0.3, -0.25) is 14.0 Å². The van der Waals surface area contributed by atoms with E-state index in [0.29, 0.717) is 45.4 Å². The van der Waals surface area contributed by atoms with Crippen LogP contribution in [-0.2, 0) is 23.8 Å². The van der Waals surface area contributed by atoms with Gasteiger partial charge in [0.05, 0.1) is 37.7 Å². The fraction of sp³-hybridized carbons (Fsp3) is 0.611. The predicted octanol–water partition coefficient (Wildman–Crippen LogP) is 0.787. The standard InChI is InChI=1S/C18H23F2N3O6S/c1-30(25,26)28-11-14-8-23(18(24)29-14)12-6-15(19)17(16(20)7-12)22-4-2-21(3-5-22)13-9-27-10-13/h6-7,13-14H,2-5,8-11H2,1H3/t14-/m1/s1. The van der Waals surface area contributed by atoms with Crippen LogP contribution in [0.2, 0.25) is 0 Å². The molecule has 1 aromatic rings. The van der Waals surface area contributed by atoms with Crippen molar-refractivity contribution in [3.8, 4) is 0 Å². The maximum Gasteiger partial charge on any atom is 0.414 e. The van der Waals surface area contributed by atoms with E-state index in [0.717, 1.165) is 23.3 Å². The van der Waals surface area contributed by atoms with Crippen molar-refractivity contribution in [1.82, 2.24) is 4.90 Å². The Kier molecular flexibility index (Phi) is 5.84. The van der Waals surface area contributed by atoms with E-state index in [1.54, 1.807) is 4.90 Å². The molecule has 0 saturated carbocycles. The lowest BCUT2D eigenvalue weighted by molar-refractivity contribution is -0.0661. The van der Waals surface area contributed by atoms with Crippen LogP contribution in [0.1, 0.15) is 0 Å². The van der Waals surface area contributed by atoms with Crippen molar-refractivity contribution in [1.29, 1.82) is 0 Å². The molecular weight excluding hydrogens is 424 g/mol. The number of hydrogen-bond acceptors (Lipinski definition) is 8. The average molecular weight is 447 g/mol. The second kappa shape index (κ2) is 8.25. The van der Waals surface area contributed by atoms with Crippen LogP contribution in [-0.4, -0.2) is 90.4 Å². The Morgan fingerprint density at radius 1 is 1.13 bits per heavy atom. The number of piperazine rings is 1. The fourth-order valence-electron chi connectivity index (χ4n) is 3.77. The summed E-state index contributed by atoms with van der Waals surface area (Å²) in [5, 5.41) is 0. The van der Waals surface area contributed by atoms with Gasteiger partial charge in [-0.2, -0.15) is 8.42 Å². The molecule has 0 N–H and O–H groups in total. The number of cyclic esters (lactones) is 1. The van der Waals surface area contributed by atoms with E-state index < -0.39 is 33.9 Å². The summed E-state index contributed by atoms with van der Waals surface area (Å²) in [5.74, 6) is -1.54. The van der Waals surface area contributed by atoms with Crippen LogP contribution in [0.15, 0.2) is 12.1 Å². The molecule has 0 unspecified atom stereocenters. The lowest BCUT2D eigenvalue weighted by atomic mass is 10.1. The van der Waals surface area contributed by atoms with Crippen LogP contribution in [0, 0.1) is 11.6 Å². The molecule has 0 spiro atoms. The number of carbonyl (C=O) groups is 1. The van der Waals surface area contributed by atoms with E-state index in [1.165, 1.54) is 0 Å². The third-order valence-electron chi connectivity index (χ3n) is 5.42. The van der Waals surface area contributed by atoms with Crippen LogP contribution in [0.5, 0.6) is 0 Å². The number of nitrogens with zero attached hydrogens (tertiary/aromatic N) is 3. The first-order chi connectivity index (χ1) is 14.2. The number of ether oxygens (including phenoxy) is 2. The maximum atomic E-state index is 14.8. The molecular formula is C18H23F2N3O6S. The molecule has 0 radical (unpaired) electrons. The molecule has 12 heteroatoms. The maximum absolute atomic E-state index is 14.8.